The van der Waals surface area contributed by atoms with Gasteiger partial charge < -0.3 is 9.72 Å². The SMILES string of the molecule is COc1cc(Cl)c(C)c2c(=O)c(CCC#N)c(C)[nH]c12. The molecule has 0 amide bonds. The minimum atomic E-state index is -0.0789. The van der Waals surface area contributed by atoms with Gasteiger partial charge in [-0.25, -0.2) is 0 Å². The molecule has 0 saturated carbocycles. The van der Waals surface area contributed by atoms with Crippen molar-refractivity contribution in [1.29, 1.82) is 5.26 Å². The van der Waals surface area contributed by atoms with E-state index in [1.165, 1.54) is 7.11 Å². The molecular weight excluding hydrogens is 276 g/mol. The molecule has 4 nitrogen and oxygen atoms in total. The summed E-state index contributed by atoms with van der Waals surface area (Å²) in [6, 6.07) is 3.76. The smallest absolute Gasteiger partial charge is 0.193 e. The van der Waals surface area contributed by atoms with Crippen LogP contribution in [0, 0.1) is 25.2 Å². The van der Waals surface area contributed by atoms with E-state index in [4.69, 9.17) is 21.6 Å². The Kier molecular flexibility index (Phi) is 4.01. The van der Waals surface area contributed by atoms with Crippen LogP contribution in [0.3, 0.4) is 0 Å². The number of pyridine rings is 1. The van der Waals surface area contributed by atoms with Gasteiger partial charge in [-0.2, -0.15) is 5.26 Å². The molecule has 0 unspecified atom stereocenters. The summed E-state index contributed by atoms with van der Waals surface area (Å²) >= 11 is 6.15. The van der Waals surface area contributed by atoms with Gasteiger partial charge in [0.2, 0.25) is 0 Å². The second kappa shape index (κ2) is 5.56. The number of benzene rings is 1. The minimum Gasteiger partial charge on any atom is -0.494 e. The Hall–Kier alpha value is -1.99. The first kappa shape index (κ1) is 14.4. The molecule has 0 saturated heterocycles. The van der Waals surface area contributed by atoms with E-state index in [0.717, 1.165) is 11.3 Å². The summed E-state index contributed by atoms with van der Waals surface area (Å²) in [4.78, 5) is 15.9. The molecule has 0 bridgehead atoms. The number of nitrogens with one attached hydrogen (secondary N) is 1. The molecule has 0 fully saturated rings. The summed E-state index contributed by atoms with van der Waals surface area (Å²) in [5.41, 5.74) is 2.69. The number of aromatic amines is 1. The zero-order valence-corrected chi connectivity index (χ0v) is 12.4. The summed E-state index contributed by atoms with van der Waals surface area (Å²) in [6.07, 6.45) is 0.744. The maximum atomic E-state index is 12.7. The van der Waals surface area contributed by atoms with Gasteiger partial charge in [-0.1, -0.05) is 11.6 Å². The number of nitrogens with zero attached hydrogens (tertiary/aromatic N) is 1. The predicted octanol–water partition coefficient (Wildman–Crippen LogP) is 3.26. The van der Waals surface area contributed by atoms with E-state index in [9.17, 15) is 4.79 Å². The van der Waals surface area contributed by atoms with E-state index in [1.807, 2.05) is 13.8 Å². The topological polar surface area (TPSA) is 65.9 Å². The van der Waals surface area contributed by atoms with Crippen molar-refractivity contribution in [2.45, 2.75) is 26.7 Å². The van der Waals surface area contributed by atoms with Gasteiger partial charge in [-0.05, 0) is 25.8 Å². The Bertz CT molecular complexity index is 772. The molecule has 1 N–H and O–H groups in total. The molecule has 0 radical (unpaired) electrons. The van der Waals surface area contributed by atoms with Crippen molar-refractivity contribution in [1.82, 2.24) is 4.98 Å². The monoisotopic (exact) mass is 290 g/mol. The van der Waals surface area contributed by atoms with Crippen LogP contribution in [0.4, 0.5) is 0 Å². The van der Waals surface area contributed by atoms with Gasteiger partial charge in [0.05, 0.1) is 24.1 Å². The molecule has 1 aromatic heterocycles. The number of hydrogen-bond donors (Lipinski definition) is 1. The Labute approximate surface area is 121 Å². The van der Waals surface area contributed by atoms with Crippen LogP contribution < -0.4 is 10.2 Å². The number of nitriles is 1. The van der Waals surface area contributed by atoms with E-state index in [1.54, 1.807) is 6.07 Å². The number of hydrogen-bond acceptors (Lipinski definition) is 3. The van der Waals surface area contributed by atoms with Crippen molar-refractivity contribution in [3.05, 3.63) is 38.1 Å². The molecule has 0 spiro atoms. The van der Waals surface area contributed by atoms with Crippen molar-refractivity contribution in [2.75, 3.05) is 7.11 Å². The Morgan fingerprint density at radius 2 is 2.15 bits per heavy atom. The number of fused-ring (bicyclic) bond motifs is 1. The zero-order chi connectivity index (χ0) is 14.9. The zero-order valence-electron chi connectivity index (χ0n) is 11.6. The number of aryl methyl sites for hydroxylation is 2. The normalized spacial score (nSPS) is 10.6. The summed E-state index contributed by atoms with van der Waals surface area (Å²) in [7, 11) is 1.54. The molecule has 0 aliphatic heterocycles. The van der Waals surface area contributed by atoms with Crippen molar-refractivity contribution in [3.8, 4) is 11.8 Å². The molecule has 2 aromatic rings. The fourth-order valence-corrected chi connectivity index (χ4v) is 2.55. The predicted molar refractivity (Wildman–Crippen MR) is 79.5 cm³/mol. The lowest BCUT2D eigenvalue weighted by molar-refractivity contribution is 0.418. The van der Waals surface area contributed by atoms with E-state index >= 15 is 0 Å². The highest BCUT2D eigenvalue weighted by atomic mass is 35.5. The first-order chi connectivity index (χ1) is 9.51. The van der Waals surface area contributed by atoms with Crippen LogP contribution in [0.5, 0.6) is 5.75 Å². The highest BCUT2D eigenvalue weighted by molar-refractivity contribution is 6.32. The summed E-state index contributed by atoms with van der Waals surface area (Å²) in [6.45, 7) is 3.64. The highest BCUT2D eigenvalue weighted by Crippen LogP contribution is 2.31. The van der Waals surface area contributed by atoms with Gasteiger partial charge in [0.25, 0.3) is 0 Å². The van der Waals surface area contributed by atoms with Crippen molar-refractivity contribution in [2.24, 2.45) is 0 Å². The first-order valence-electron chi connectivity index (χ1n) is 6.26. The van der Waals surface area contributed by atoms with Crippen LogP contribution in [0.1, 0.15) is 23.2 Å². The lowest BCUT2D eigenvalue weighted by Crippen LogP contribution is -2.15. The van der Waals surface area contributed by atoms with Gasteiger partial charge in [-0.15, -0.1) is 0 Å². The van der Waals surface area contributed by atoms with Gasteiger partial charge in [-0.3, -0.25) is 4.79 Å². The second-order valence-electron chi connectivity index (χ2n) is 4.65. The highest BCUT2D eigenvalue weighted by Gasteiger charge is 2.16. The third kappa shape index (κ3) is 2.25. The average Bonchev–Trinajstić information content (AvgIpc) is 2.42. The molecule has 1 aromatic carbocycles. The summed E-state index contributed by atoms with van der Waals surface area (Å²) in [5.74, 6) is 0.544. The van der Waals surface area contributed by atoms with Crippen molar-refractivity contribution in [3.63, 3.8) is 0 Å². The first-order valence-corrected chi connectivity index (χ1v) is 6.64. The molecule has 2 rings (SSSR count). The average molecular weight is 291 g/mol. The number of halogens is 1. The van der Waals surface area contributed by atoms with Crippen LogP contribution in [0.2, 0.25) is 5.02 Å². The second-order valence-corrected chi connectivity index (χ2v) is 5.06. The molecular formula is C15H15ClN2O2. The molecule has 5 heteroatoms. The number of ether oxygens (including phenoxy) is 1. The van der Waals surface area contributed by atoms with Gasteiger partial charge in [0, 0.05) is 28.8 Å². The lowest BCUT2D eigenvalue weighted by Gasteiger charge is -2.13. The third-order valence-corrected chi connectivity index (χ3v) is 3.85. The van der Waals surface area contributed by atoms with Gasteiger partial charge >= 0.3 is 0 Å². The van der Waals surface area contributed by atoms with Crippen LogP contribution >= 0.6 is 11.6 Å². The van der Waals surface area contributed by atoms with E-state index < -0.39 is 0 Å². The molecule has 104 valence electrons. The van der Waals surface area contributed by atoms with Crippen LogP contribution in [0.15, 0.2) is 10.9 Å². The molecule has 0 aliphatic carbocycles. The maximum absolute atomic E-state index is 12.7. The molecule has 1 heterocycles. The molecule has 20 heavy (non-hydrogen) atoms. The summed E-state index contributed by atoms with van der Waals surface area (Å²) in [5, 5.41) is 9.73. The maximum Gasteiger partial charge on any atom is 0.193 e. The Balaban J connectivity index is 2.88. The number of H-pyrrole nitrogens is 1. The summed E-state index contributed by atoms with van der Waals surface area (Å²) < 4.78 is 5.29. The van der Waals surface area contributed by atoms with Gasteiger partial charge in [0.1, 0.15) is 5.75 Å². The van der Waals surface area contributed by atoms with E-state index in [-0.39, 0.29) is 5.43 Å². The van der Waals surface area contributed by atoms with E-state index in [0.29, 0.717) is 40.1 Å². The van der Waals surface area contributed by atoms with Crippen molar-refractivity contribution >= 4 is 22.5 Å². The standard InChI is InChI=1S/C15H15ClN2O2/c1-8-11(16)7-12(20-3)14-13(8)15(19)10(5-4-6-17)9(2)18-14/h7H,4-5H2,1-3H3,(H,18,19). The fraction of sp³-hybridized carbons (Fsp3) is 0.333. The molecule has 0 aliphatic rings. The number of methoxy groups -OCH3 is 1. The molecule has 0 atom stereocenters. The minimum absolute atomic E-state index is 0.0789. The fourth-order valence-electron chi connectivity index (χ4n) is 2.36. The van der Waals surface area contributed by atoms with Gasteiger partial charge in [0.15, 0.2) is 5.43 Å². The third-order valence-electron chi connectivity index (χ3n) is 3.46. The number of aromatic nitrogens is 1. The largest absolute Gasteiger partial charge is 0.494 e. The van der Waals surface area contributed by atoms with Crippen molar-refractivity contribution < 1.29 is 4.74 Å². The van der Waals surface area contributed by atoms with Crippen LogP contribution in [-0.2, 0) is 6.42 Å². The van der Waals surface area contributed by atoms with E-state index in [2.05, 4.69) is 11.1 Å². The Morgan fingerprint density at radius 3 is 2.75 bits per heavy atom. The van der Waals surface area contributed by atoms with Crippen LogP contribution in [0.25, 0.3) is 10.9 Å². The quantitative estimate of drug-likeness (QED) is 0.943. The Morgan fingerprint density at radius 1 is 1.45 bits per heavy atom. The number of rotatable bonds is 3. The van der Waals surface area contributed by atoms with Crippen LogP contribution in [-0.4, -0.2) is 12.1 Å². The lowest BCUT2D eigenvalue weighted by atomic mass is 10.0.